The van der Waals surface area contributed by atoms with Gasteiger partial charge in [0.1, 0.15) is 5.56 Å². The molecule has 0 saturated carbocycles. The van der Waals surface area contributed by atoms with Gasteiger partial charge in [-0.05, 0) is 12.1 Å². The maximum atomic E-state index is 10.8. The topological polar surface area (TPSA) is 82.1 Å². The first-order valence-corrected chi connectivity index (χ1v) is 4.70. The van der Waals surface area contributed by atoms with E-state index in [1.165, 1.54) is 18.2 Å². The van der Waals surface area contributed by atoms with Gasteiger partial charge in [0.25, 0.3) is 11.6 Å². The van der Waals surface area contributed by atoms with E-state index in [1.54, 1.807) is 6.92 Å². The molecule has 16 heavy (non-hydrogen) atoms. The normalized spacial score (nSPS) is 10.4. The first-order valence-electron chi connectivity index (χ1n) is 4.32. The number of benzene rings is 1. The third kappa shape index (κ3) is 1.87. The lowest BCUT2D eigenvalue weighted by Crippen LogP contribution is -1.92. The van der Waals surface area contributed by atoms with Crippen molar-refractivity contribution in [2.75, 3.05) is 0 Å². The van der Waals surface area contributed by atoms with Crippen LogP contribution in [0, 0.1) is 17.0 Å². The monoisotopic (exact) mass is 239 g/mol. The van der Waals surface area contributed by atoms with Crippen LogP contribution in [0.5, 0.6) is 0 Å². The van der Waals surface area contributed by atoms with Crippen molar-refractivity contribution in [1.29, 1.82) is 0 Å². The van der Waals surface area contributed by atoms with E-state index in [2.05, 4.69) is 10.2 Å². The molecule has 0 amide bonds. The summed E-state index contributed by atoms with van der Waals surface area (Å²) in [5.74, 6) is 0.458. The highest BCUT2D eigenvalue weighted by Crippen LogP contribution is 2.31. The van der Waals surface area contributed by atoms with Crippen LogP contribution in [0.2, 0.25) is 5.02 Å². The Morgan fingerprint density at radius 3 is 2.75 bits per heavy atom. The summed E-state index contributed by atoms with van der Waals surface area (Å²) in [5, 5.41) is 18.4. The lowest BCUT2D eigenvalue weighted by atomic mass is 10.2. The van der Waals surface area contributed by atoms with Crippen molar-refractivity contribution in [3.8, 4) is 11.5 Å². The molecular formula is C9H6ClN3O3. The third-order valence-electron chi connectivity index (χ3n) is 1.91. The minimum atomic E-state index is -0.541. The van der Waals surface area contributed by atoms with Crippen molar-refractivity contribution >= 4 is 17.3 Å². The number of hydrogen-bond donors (Lipinski definition) is 0. The summed E-state index contributed by atoms with van der Waals surface area (Å²) in [5.41, 5.74) is 0.103. The van der Waals surface area contributed by atoms with E-state index >= 15 is 0 Å². The standard InChI is InChI=1S/C9H6ClN3O3/c1-5-11-12-9(16-5)7-3-2-6(10)4-8(7)13(14)15/h2-4H,1H3. The highest BCUT2D eigenvalue weighted by atomic mass is 35.5. The molecule has 7 heteroatoms. The number of rotatable bonds is 2. The number of aryl methyl sites for hydroxylation is 1. The van der Waals surface area contributed by atoms with Gasteiger partial charge in [0, 0.05) is 18.0 Å². The van der Waals surface area contributed by atoms with Gasteiger partial charge < -0.3 is 4.42 Å². The smallest absolute Gasteiger partial charge is 0.283 e. The van der Waals surface area contributed by atoms with Gasteiger partial charge >= 0.3 is 0 Å². The van der Waals surface area contributed by atoms with Crippen molar-refractivity contribution < 1.29 is 9.34 Å². The number of hydrogen-bond acceptors (Lipinski definition) is 5. The van der Waals surface area contributed by atoms with E-state index in [-0.39, 0.29) is 22.2 Å². The summed E-state index contributed by atoms with van der Waals surface area (Å²) in [6.45, 7) is 1.61. The minimum Gasteiger partial charge on any atom is -0.421 e. The lowest BCUT2D eigenvalue weighted by molar-refractivity contribution is -0.384. The van der Waals surface area contributed by atoms with E-state index in [0.29, 0.717) is 5.89 Å². The lowest BCUT2D eigenvalue weighted by Gasteiger charge is -1.98. The van der Waals surface area contributed by atoms with Crippen molar-refractivity contribution in [2.45, 2.75) is 6.92 Å². The summed E-state index contributed by atoms with van der Waals surface area (Å²) >= 11 is 5.68. The Kier molecular flexibility index (Phi) is 2.57. The molecule has 0 unspecified atom stereocenters. The highest BCUT2D eigenvalue weighted by Gasteiger charge is 2.19. The van der Waals surface area contributed by atoms with Crippen molar-refractivity contribution in [3.05, 3.63) is 39.2 Å². The minimum absolute atomic E-state index is 0.112. The molecule has 0 aliphatic heterocycles. The molecule has 0 N–H and O–H groups in total. The zero-order valence-electron chi connectivity index (χ0n) is 8.18. The Morgan fingerprint density at radius 2 is 2.19 bits per heavy atom. The van der Waals surface area contributed by atoms with Crippen LogP contribution in [0.1, 0.15) is 5.89 Å². The molecule has 0 fully saturated rings. The molecule has 0 bridgehead atoms. The van der Waals surface area contributed by atoms with Gasteiger partial charge in [-0.25, -0.2) is 0 Å². The summed E-state index contributed by atoms with van der Waals surface area (Å²) in [6.07, 6.45) is 0. The van der Waals surface area contributed by atoms with Gasteiger partial charge in [-0.15, -0.1) is 10.2 Å². The molecule has 2 aromatic rings. The average Bonchev–Trinajstić information content (AvgIpc) is 2.64. The molecule has 0 aliphatic carbocycles. The predicted molar refractivity (Wildman–Crippen MR) is 56.1 cm³/mol. The van der Waals surface area contributed by atoms with Crippen LogP contribution in [-0.2, 0) is 0 Å². The van der Waals surface area contributed by atoms with Crippen molar-refractivity contribution in [1.82, 2.24) is 10.2 Å². The third-order valence-corrected chi connectivity index (χ3v) is 2.15. The molecule has 6 nitrogen and oxygen atoms in total. The fraction of sp³-hybridized carbons (Fsp3) is 0.111. The van der Waals surface area contributed by atoms with Crippen LogP contribution in [0.15, 0.2) is 22.6 Å². The summed E-state index contributed by atoms with van der Waals surface area (Å²) in [6, 6.07) is 4.26. The van der Waals surface area contributed by atoms with E-state index in [9.17, 15) is 10.1 Å². The van der Waals surface area contributed by atoms with Gasteiger partial charge in [0.15, 0.2) is 0 Å². The molecule has 82 valence electrons. The van der Waals surface area contributed by atoms with Gasteiger partial charge in [-0.3, -0.25) is 10.1 Å². The SMILES string of the molecule is Cc1nnc(-c2ccc(Cl)cc2[N+](=O)[O-])o1. The molecule has 1 heterocycles. The highest BCUT2D eigenvalue weighted by molar-refractivity contribution is 6.30. The number of nitro groups is 1. The first kappa shape index (κ1) is 10.6. The Hall–Kier alpha value is -1.95. The Labute approximate surface area is 95.0 Å². The number of nitrogens with zero attached hydrogens (tertiary/aromatic N) is 3. The Bertz CT molecular complexity index is 553. The maximum Gasteiger partial charge on any atom is 0.283 e. The van der Waals surface area contributed by atoms with E-state index in [0.717, 1.165) is 0 Å². The second kappa shape index (κ2) is 3.90. The van der Waals surface area contributed by atoms with E-state index in [1.807, 2.05) is 0 Å². The fourth-order valence-electron chi connectivity index (χ4n) is 1.24. The van der Waals surface area contributed by atoms with Gasteiger partial charge in [0.2, 0.25) is 5.89 Å². The molecule has 0 spiro atoms. The largest absolute Gasteiger partial charge is 0.421 e. The molecule has 1 aromatic heterocycles. The average molecular weight is 240 g/mol. The van der Waals surface area contributed by atoms with Crippen LogP contribution >= 0.6 is 11.6 Å². The van der Waals surface area contributed by atoms with Crippen LogP contribution in [0.25, 0.3) is 11.5 Å². The van der Waals surface area contributed by atoms with Crippen LogP contribution in [0.3, 0.4) is 0 Å². The Balaban J connectivity index is 2.60. The molecular weight excluding hydrogens is 234 g/mol. The van der Waals surface area contributed by atoms with Crippen molar-refractivity contribution in [2.24, 2.45) is 0 Å². The molecule has 0 saturated heterocycles. The van der Waals surface area contributed by atoms with Gasteiger partial charge in [-0.2, -0.15) is 0 Å². The molecule has 0 aliphatic rings. The predicted octanol–water partition coefficient (Wildman–Crippen LogP) is 2.61. The zero-order chi connectivity index (χ0) is 11.7. The zero-order valence-corrected chi connectivity index (χ0v) is 8.93. The van der Waals surface area contributed by atoms with E-state index < -0.39 is 4.92 Å². The number of nitro benzene ring substituents is 1. The summed E-state index contributed by atoms with van der Waals surface area (Å²) in [7, 11) is 0. The van der Waals surface area contributed by atoms with Crippen molar-refractivity contribution in [3.63, 3.8) is 0 Å². The van der Waals surface area contributed by atoms with Crippen LogP contribution < -0.4 is 0 Å². The fourth-order valence-corrected chi connectivity index (χ4v) is 1.41. The summed E-state index contributed by atoms with van der Waals surface area (Å²) < 4.78 is 5.13. The first-order chi connectivity index (χ1) is 7.58. The molecule has 0 atom stereocenters. The number of halogens is 1. The van der Waals surface area contributed by atoms with Gasteiger partial charge in [-0.1, -0.05) is 11.6 Å². The molecule has 0 radical (unpaired) electrons. The van der Waals surface area contributed by atoms with E-state index in [4.69, 9.17) is 16.0 Å². The summed E-state index contributed by atoms with van der Waals surface area (Å²) in [4.78, 5) is 10.3. The Morgan fingerprint density at radius 1 is 1.44 bits per heavy atom. The van der Waals surface area contributed by atoms with Crippen LogP contribution in [0.4, 0.5) is 5.69 Å². The maximum absolute atomic E-state index is 10.8. The van der Waals surface area contributed by atoms with Gasteiger partial charge in [0.05, 0.1) is 4.92 Å². The molecule has 2 rings (SSSR count). The van der Waals surface area contributed by atoms with Crippen LogP contribution in [-0.4, -0.2) is 15.1 Å². The second-order valence-corrected chi connectivity index (χ2v) is 3.48. The quantitative estimate of drug-likeness (QED) is 0.594. The number of aromatic nitrogens is 2. The second-order valence-electron chi connectivity index (χ2n) is 3.04. The molecule has 1 aromatic carbocycles.